The molecule has 0 saturated heterocycles. The molecule has 8 heteroatoms. The van der Waals surface area contributed by atoms with E-state index in [1.807, 2.05) is 6.07 Å². The van der Waals surface area contributed by atoms with Crippen LogP contribution in [0.2, 0.25) is 0 Å². The molecule has 0 amide bonds. The number of benzene rings is 2. The average Bonchev–Trinajstić information content (AvgIpc) is 2.63. The molecule has 2 aromatic carbocycles. The lowest BCUT2D eigenvalue weighted by atomic mass is 10.1. The molecule has 1 atom stereocenters. The summed E-state index contributed by atoms with van der Waals surface area (Å²) in [6.07, 6.45) is 0.312. The quantitative estimate of drug-likeness (QED) is 0.573. The van der Waals surface area contributed by atoms with Gasteiger partial charge in [-0.15, -0.1) is 0 Å². The number of aliphatic hydroxyl groups is 1. The van der Waals surface area contributed by atoms with Gasteiger partial charge in [0.05, 0.1) is 46.4 Å². The lowest BCUT2D eigenvalue weighted by Gasteiger charge is -2.13. The van der Waals surface area contributed by atoms with Crippen molar-refractivity contribution < 1.29 is 10.0 Å². The molecule has 0 spiro atoms. The van der Waals surface area contributed by atoms with Gasteiger partial charge >= 0.3 is 0 Å². The van der Waals surface area contributed by atoms with Gasteiger partial charge in [0.2, 0.25) is 0 Å². The number of aliphatic hydroxyl groups excluding tert-OH is 1. The lowest BCUT2D eigenvalue weighted by Crippen LogP contribution is -2.23. The van der Waals surface area contributed by atoms with Gasteiger partial charge in [-0.25, -0.2) is 4.98 Å². The molecule has 3 rings (SSSR count). The molecule has 8 nitrogen and oxygen atoms in total. The second kappa shape index (κ2) is 6.51. The molecule has 1 heterocycles. The molecule has 0 aliphatic carbocycles. The van der Waals surface area contributed by atoms with Crippen LogP contribution < -0.4 is 5.56 Å². The molecule has 1 N–H and O–H groups in total. The van der Waals surface area contributed by atoms with Crippen molar-refractivity contribution in [2.45, 2.75) is 12.6 Å². The molecule has 124 valence electrons. The van der Waals surface area contributed by atoms with E-state index < -0.39 is 16.6 Å². The molecule has 0 bridgehead atoms. The van der Waals surface area contributed by atoms with E-state index in [1.165, 1.54) is 29.1 Å². The number of nitrogens with zero attached hydrogens (tertiary/aromatic N) is 4. The largest absolute Gasteiger partial charge is 0.387 e. The molecule has 0 fully saturated rings. The van der Waals surface area contributed by atoms with Gasteiger partial charge < -0.3 is 5.11 Å². The predicted octanol–water partition coefficient (Wildman–Crippen LogP) is 1.91. The molecule has 3 aromatic rings. The van der Waals surface area contributed by atoms with Crippen LogP contribution in [0.4, 0.5) is 5.69 Å². The van der Waals surface area contributed by atoms with Crippen LogP contribution in [0.15, 0.2) is 53.6 Å². The number of nitro groups is 1. The Morgan fingerprint density at radius 1 is 1.28 bits per heavy atom. The summed E-state index contributed by atoms with van der Waals surface area (Å²) in [5.41, 5.74) is 0.690. The number of hydrogen-bond acceptors (Lipinski definition) is 6. The third kappa shape index (κ3) is 3.22. The Morgan fingerprint density at radius 3 is 2.64 bits per heavy atom. The van der Waals surface area contributed by atoms with Crippen molar-refractivity contribution in [3.05, 3.63) is 80.4 Å². The number of non-ortho nitro benzene ring substituents is 1. The van der Waals surface area contributed by atoms with Gasteiger partial charge in [0, 0.05) is 12.1 Å². The lowest BCUT2D eigenvalue weighted by molar-refractivity contribution is -0.384. The topological polar surface area (TPSA) is 122 Å². The molecule has 25 heavy (non-hydrogen) atoms. The standard InChI is InChI=1S/C17H12N4O4/c18-8-11-1-3-12(4-2-11)16(22)9-20-10-19-15-6-5-13(21(24)25)7-14(15)17(20)23/h1-7,10,16,22H,9H2. The van der Waals surface area contributed by atoms with Crippen molar-refractivity contribution in [1.29, 1.82) is 5.26 Å². The van der Waals surface area contributed by atoms with Crippen LogP contribution in [-0.2, 0) is 6.54 Å². The zero-order valence-electron chi connectivity index (χ0n) is 12.9. The van der Waals surface area contributed by atoms with Gasteiger partial charge in [0.1, 0.15) is 0 Å². The minimum atomic E-state index is -0.983. The molecule has 0 saturated carbocycles. The minimum absolute atomic E-state index is 0.0592. The number of nitro benzene ring substituents is 1. The van der Waals surface area contributed by atoms with Gasteiger partial charge in [0.15, 0.2) is 0 Å². The summed E-state index contributed by atoms with van der Waals surface area (Å²) in [6.45, 7) is -0.0592. The second-order valence-corrected chi connectivity index (χ2v) is 5.41. The van der Waals surface area contributed by atoms with Crippen molar-refractivity contribution in [1.82, 2.24) is 9.55 Å². The first kappa shape index (κ1) is 16.3. The first-order chi connectivity index (χ1) is 12.0. The van der Waals surface area contributed by atoms with Crippen molar-refractivity contribution in [3.8, 4) is 6.07 Å². The van der Waals surface area contributed by atoms with E-state index in [0.717, 1.165) is 0 Å². The summed E-state index contributed by atoms with van der Waals surface area (Å²) in [5, 5.41) is 30.1. The molecule has 1 aromatic heterocycles. The van der Waals surface area contributed by atoms with Gasteiger partial charge in [-0.1, -0.05) is 12.1 Å². The molecule has 0 aliphatic rings. The Kier molecular flexibility index (Phi) is 4.24. The number of aromatic nitrogens is 2. The number of fused-ring (bicyclic) bond motifs is 1. The zero-order chi connectivity index (χ0) is 18.0. The first-order valence-corrected chi connectivity index (χ1v) is 7.31. The first-order valence-electron chi connectivity index (χ1n) is 7.31. The maximum Gasteiger partial charge on any atom is 0.270 e. The van der Waals surface area contributed by atoms with Crippen molar-refractivity contribution in [3.63, 3.8) is 0 Å². The van der Waals surface area contributed by atoms with Crippen LogP contribution in [0.3, 0.4) is 0 Å². The maximum atomic E-state index is 12.5. The van der Waals surface area contributed by atoms with Crippen LogP contribution in [0.1, 0.15) is 17.2 Å². The van der Waals surface area contributed by atoms with Gasteiger partial charge in [-0.05, 0) is 23.8 Å². The highest BCUT2D eigenvalue weighted by atomic mass is 16.6. The minimum Gasteiger partial charge on any atom is -0.387 e. The molecule has 0 aliphatic heterocycles. The average molecular weight is 336 g/mol. The number of nitriles is 1. The smallest absolute Gasteiger partial charge is 0.270 e. The van der Waals surface area contributed by atoms with Crippen LogP contribution in [0, 0.1) is 21.4 Å². The van der Waals surface area contributed by atoms with E-state index in [2.05, 4.69) is 4.98 Å². The fourth-order valence-electron chi connectivity index (χ4n) is 2.46. The molecular weight excluding hydrogens is 324 g/mol. The van der Waals surface area contributed by atoms with E-state index >= 15 is 0 Å². The third-order valence-electron chi connectivity index (χ3n) is 3.81. The van der Waals surface area contributed by atoms with E-state index in [9.17, 15) is 20.0 Å². The predicted molar refractivity (Wildman–Crippen MR) is 88.8 cm³/mol. The molecule has 1 unspecified atom stereocenters. The Labute approximate surface area is 141 Å². The summed E-state index contributed by atoms with van der Waals surface area (Å²) in [7, 11) is 0. The molecular formula is C17H12N4O4. The van der Waals surface area contributed by atoms with E-state index in [0.29, 0.717) is 16.6 Å². The highest BCUT2D eigenvalue weighted by Gasteiger charge is 2.14. The van der Waals surface area contributed by atoms with Crippen molar-refractivity contribution >= 4 is 16.6 Å². The van der Waals surface area contributed by atoms with E-state index in [-0.39, 0.29) is 17.6 Å². The van der Waals surface area contributed by atoms with Crippen LogP contribution in [0.5, 0.6) is 0 Å². The number of rotatable bonds is 4. The SMILES string of the molecule is N#Cc1ccc(C(O)Cn2cnc3ccc([N+](=O)[O-])cc3c2=O)cc1. The zero-order valence-corrected chi connectivity index (χ0v) is 12.9. The Hall–Kier alpha value is -3.57. The van der Waals surface area contributed by atoms with Crippen LogP contribution >= 0.6 is 0 Å². The summed E-state index contributed by atoms with van der Waals surface area (Å²) in [5.74, 6) is 0. The summed E-state index contributed by atoms with van der Waals surface area (Å²) < 4.78 is 1.20. The Morgan fingerprint density at radius 2 is 2.00 bits per heavy atom. The van der Waals surface area contributed by atoms with Gasteiger partial charge in [0.25, 0.3) is 11.2 Å². The molecule has 0 radical (unpaired) electrons. The Balaban J connectivity index is 1.95. The number of hydrogen-bond donors (Lipinski definition) is 1. The maximum absolute atomic E-state index is 12.5. The van der Waals surface area contributed by atoms with E-state index in [4.69, 9.17) is 5.26 Å². The second-order valence-electron chi connectivity index (χ2n) is 5.41. The van der Waals surface area contributed by atoms with Crippen molar-refractivity contribution in [2.24, 2.45) is 0 Å². The Bertz CT molecular complexity index is 1050. The van der Waals surface area contributed by atoms with Gasteiger partial charge in [-0.2, -0.15) is 5.26 Å². The van der Waals surface area contributed by atoms with Crippen LogP contribution in [-0.4, -0.2) is 19.6 Å². The highest BCUT2D eigenvalue weighted by Crippen LogP contribution is 2.18. The monoisotopic (exact) mass is 336 g/mol. The third-order valence-corrected chi connectivity index (χ3v) is 3.81. The summed E-state index contributed by atoms with van der Waals surface area (Å²) in [6, 6.07) is 12.2. The fraction of sp³-hybridized carbons (Fsp3) is 0.118. The van der Waals surface area contributed by atoms with Crippen molar-refractivity contribution in [2.75, 3.05) is 0 Å². The normalized spacial score (nSPS) is 11.8. The van der Waals surface area contributed by atoms with E-state index in [1.54, 1.807) is 24.3 Å². The summed E-state index contributed by atoms with van der Waals surface area (Å²) >= 11 is 0. The van der Waals surface area contributed by atoms with Crippen LogP contribution in [0.25, 0.3) is 10.9 Å². The highest BCUT2D eigenvalue weighted by molar-refractivity contribution is 5.79. The van der Waals surface area contributed by atoms with Gasteiger partial charge in [-0.3, -0.25) is 19.5 Å². The fourth-order valence-corrected chi connectivity index (χ4v) is 2.46. The summed E-state index contributed by atoms with van der Waals surface area (Å²) in [4.78, 5) is 26.9.